The second kappa shape index (κ2) is 9.05. The van der Waals surface area contributed by atoms with Crippen molar-refractivity contribution in [2.24, 2.45) is 0 Å². The van der Waals surface area contributed by atoms with Gasteiger partial charge >= 0.3 is 0 Å². The molecule has 0 bridgehead atoms. The minimum Gasteiger partial charge on any atom is -0.341 e. The normalized spacial score (nSPS) is 14.6. The number of benzene rings is 2. The summed E-state index contributed by atoms with van der Waals surface area (Å²) < 4.78 is 29.0. The summed E-state index contributed by atoms with van der Waals surface area (Å²) in [6, 6.07) is 11.1. The zero-order valence-electron chi connectivity index (χ0n) is 17.3. The minimum absolute atomic E-state index is 0.0587. The summed E-state index contributed by atoms with van der Waals surface area (Å²) in [7, 11) is 0. The van der Waals surface area contributed by atoms with Gasteiger partial charge in [-0.2, -0.15) is 0 Å². The first-order chi connectivity index (χ1) is 14.9. The molecule has 9 heteroatoms. The molecular weight excluding hydrogens is 420 g/mol. The summed E-state index contributed by atoms with van der Waals surface area (Å²) >= 11 is 1.24. The van der Waals surface area contributed by atoms with Gasteiger partial charge < -0.3 is 10.2 Å². The van der Waals surface area contributed by atoms with Crippen molar-refractivity contribution in [2.45, 2.75) is 37.1 Å². The highest BCUT2D eigenvalue weighted by Crippen LogP contribution is 2.31. The summed E-state index contributed by atoms with van der Waals surface area (Å²) in [4.78, 5) is 14.8. The van der Waals surface area contributed by atoms with Gasteiger partial charge in [-0.05, 0) is 51.0 Å². The minimum atomic E-state index is -0.815. The smallest absolute Gasteiger partial charge is 0.237 e. The van der Waals surface area contributed by atoms with Crippen LogP contribution >= 0.6 is 11.8 Å². The maximum atomic E-state index is 13.9. The predicted octanol–water partition coefficient (Wildman–Crippen LogP) is 4.57. The highest BCUT2D eigenvalue weighted by Gasteiger charge is 2.25. The maximum Gasteiger partial charge on any atom is 0.237 e. The number of nitrogens with zero attached hydrogens (tertiary/aromatic N) is 4. The molecule has 2 heterocycles. The summed E-state index contributed by atoms with van der Waals surface area (Å²) in [5.74, 6) is -1.17. The number of hydrogen-bond donors (Lipinski definition) is 1. The monoisotopic (exact) mass is 443 g/mol. The van der Waals surface area contributed by atoms with Crippen LogP contribution in [0.15, 0.2) is 47.6 Å². The number of amides is 1. The van der Waals surface area contributed by atoms with Crippen LogP contribution in [0.2, 0.25) is 0 Å². The molecule has 0 spiro atoms. The van der Waals surface area contributed by atoms with Crippen molar-refractivity contribution in [3.05, 3.63) is 59.7 Å². The van der Waals surface area contributed by atoms with E-state index in [2.05, 4.69) is 20.4 Å². The van der Waals surface area contributed by atoms with Crippen molar-refractivity contribution in [1.82, 2.24) is 14.8 Å². The maximum absolute atomic E-state index is 13.9. The molecule has 1 unspecified atom stereocenters. The van der Waals surface area contributed by atoms with Gasteiger partial charge in [0.05, 0.1) is 16.6 Å². The first-order valence-corrected chi connectivity index (χ1v) is 11.0. The van der Waals surface area contributed by atoms with Crippen molar-refractivity contribution in [3.8, 4) is 5.69 Å². The molecule has 1 aliphatic rings. The zero-order chi connectivity index (χ0) is 22.0. The Labute approximate surface area is 183 Å². The van der Waals surface area contributed by atoms with E-state index >= 15 is 0 Å². The van der Waals surface area contributed by atoms with Crippen molar-refractivity contribution in [2.75, 3.05) is 23.3 Å². The quantitative estimate of drug-likeness (QED) is 0.566. The molecule has 1 amide bonds. The number of anilines is 2. The average molecular weight is 444 g/mol. The van der Waals surface area contributed by atoms with Crippen LogP contribution in [-0.2, 0) is 4.79 Å². The fourth-order valence-electron chi connectivity index (χ4n) is 3.42. The molecule has 1 aliphatic heterocycles. The Morgan fingerprint density at radius 1 is 1.10 bits per heavy atom. The molecule has 2 aromatic carbocycles. The fraction of sp³-hybridized carbons (Fsp3) is 0.318. The average Bonchev–Trinajstić information content (AvgIpc) is 3.40. The lowest BCUT2D eigenvalue weighted by atomic mass is 10.2. The Hall–Kier alpha value is -2.94. The van der Waals surface area contributed by atoms with Crippen LogP contribution < -0.4 is 10.2 Å². The third-order valence-electron chi connectivity index (χ3n) is 5.14. The number of hydrogen-bond acceptors (Lipinski definition) is 5. The number of halogens is 2. The third-order valence-corrected chi connectivity index (χ3v) is 6.18. The van der Waals surface area contributed by atoms with Gasteiger partial charge in [0.25, 0.3) is 0 Å². The molecule has 1 N–H and O–H groups in total. The van der Waals surface area contributed by atoms with E-state index in [1.54, 1.807) is 6.92 Å². The molecule has 1 saturated heterocycles. The van der Waals surface area contributed by atoms with Gasteiger partial charge in [-0.1, -0.05) is 29.5 Å². The molecule has 1 fully saturated rings. The third kappa shape index (κ3) is 4.71. The first kappa shape index (κ1) is 21.3. The molecule has 31 heavy (non-hydrogen) atoms. The Morgan fingerprint density at radius 2 is 1.81 bits per heavy atom. The Kier molecular flexibility index (Phi) is 6.22. The Bertz CT molecular complexity index is 1080. The van der Waals surface area contributed by atoms with E-state index < -0.39 is 22.8 Å². The second-order valence-corrected chi connectivity index (χ2v) is 8.83. The van der Waals surface area contributed by atoms with Crippen molar-refractivity contribution < 1.29 is 13.6 Å². The number of carbonyl (C=O) groups is 1. The summed E-state index contributed by atoms with van der Waals surface area (Å²) in [6.07, 6.45) is 2.20. The van der Waals surface area contributed by atoms with Crippen LogP contribution in [-0.4, -0.2) is 39.0 Å². The van der Waals surface area contributed by atoms with Crippen LogP contribution in [0.25, 0.3) is 5.69 Å². The highest BCUT2D eigenvalue weighted by atomic mass is 32.2. The van der Waals surface area contributed by atoms with Crippen LogP contribution in [0.3, 0.4) is 0 Å². The van der Waals surface area contributed by atoms with Crippen LogP contribution in [0, 0.1) is 18.6 Å². The lowest BCUT2D eigenvalue weighted by molar-refractivity contribution is -0.115. The first-order valence-electron chi connectivity index (χ1n) is 10.1. The van der Waals surface area contributed by atoms with Gasteiger partial charge in [-0.3, -0.25) is 9.36 Å². The highest BCUT2D eigenvalue weighted by molar-refractivity contribution is 8.00. The molecule has 162 valence electrons. The number of nitrogens with one attached hydrogen (secondary N) is 1. The summed E-state index contributed by atoms with van der Waals surface area (Å²) in [5, 5.41) is 11.3. The van der Waals surface area contributed by atoms with E-state index in [9.17, 15) is 13.6 Å². The zero-order valence-corrected chi connectivity index (χ0v) is 18.1. The van der Waals surface area contributed by atoms with Crippen LogP contribution in [0.1, 0.15) is 25.3 Å². The van der Waals surface area contributed by atoms with Crippen LogP contribution in [0.5, 0.6) is 0 Å². The molecular formula is C22H23F2N5OS. The van der Waals surface area contributed by atoms with Gasteiger partial charge in [-0.15, -0.1) is 10.2 Å². The van der Waals surface area contributed by atoms with Crippen LogP contribution in [0.4, 0.5) is 20.4 Å². The standard InChI is InChI=1S/C22H23F2N5OS/c1-14-5-8-17(9-6-14)29-21(28-11-3-4-12-28)26-27-22(29)31-15(2)20(30)25-19-10-7-16(23)13-18(19)24/h5-10,13,15H,3-4,11-12H2,1-2H3,(H,25,30). The van der Waals surface area contributed by atoms with E-state index in [4.69, 9.17) is 0 Å². The molecule has 1 aromatic heterocycles. The Morgan fingerprint density at radius 3 is 2.48 bits per heavy atom. The van der Waals surface area contributed by atoms with E-state index in [0.29, 0.717) is 5.16 Å². The number of aryl methyl sites for hydroxylation is 1. The van der Waals surface area contributed by atoms with Crippen molar-refractivity contribution in [3.63, 3.8) is 0 Å². The Balaban J connectivity index is 1.58. The van der Waals surface area contributed by atoms with Crippen molar-refractivity contribution >= 4 is 29.3 Å². The number of rotatable bonds is 6. The molecule has 0 radical (unpaired) electrons. The SMILES string of the molecule is Cc1ccc(-n2c(SC(C)C(=O)Nc3ccc(F)cc3F)nnc2N2CCCC2)cc1. The molecule has 1 atom stereocenters. The number of thioether (sulfide) groups is 1. The van der Waals surface area contributed by atoms with Gasteiger partial charge in [0.15, 0.2) is 5.16 Å². The molecule has 4 rings (SSSR count). The van der Waals surface area contributed by atoms with Crippen molar-refractivity contribution in [1.29, 1.82) is 0 Å². The predicted molar refractivity (Wildman–Crippen MR) is 118 cm³/mol. The molecule has 0 saturated carbocycles. The van der Waals surface area contributed by atoms with Gasteiger partial charge in [0.2, 0.25) is 11.9 Å². The lowest BCUT2D eigenvalue weighted by Gasteiger charge is -2.19. The molecule has 0 aliphatic carbocycles. The lowest BCUT2D eigenvalue weighted by Crippen LogP contribution is -2.24. The second-order valence-electron chi connectivity index (χ2n) is 7.52. The van der Waals surface area contributed by atoms with E-state index in [1.807, 2.05) is 35.8 Å². The summed E-state index contributed by atoms with van der Waals surface area (Å²) in [6.45, 7) is 5.56. The summed E-state index contributed by atoms with van der Waals surface area (Å²) in [5.41, 5.74) is 2.00. The molecule has 6 nitrogen and oxygen atoms in total. The number of aromatic nitrogens is 3. The number of carbonyl (C=O) groups excluding carboxylic acids is 1. The van der Waals surface area contributed by atoms with E-state index in [-0.39, 0.29) is 5.69 Å². The topological polar surface area (TPSA) is 63.1 Å². The fourth-order valence-corrected chi connectivity index (χ4v) is 4.28. The molecule has 3 aromatic rings. The van der Waals surface area contributed by atoms with Gasteiger partial charge in [0.1, 0.15) is 11.6 Å². The van der Waals surface area contributed by atoms with Gasteiger partial charge in [-0.25, -0.2) is 8.78 Å². The van der Waals surface area contributed by atoms with Gasteiger partial charge in [0, 0.05) is 19.2 Å². The van der Waals surface area contributed by atoms with E-state index in [1.165, 1.54) is 17.8 Å². The largest absolute Gasteiger partial charge is 0.341 e. The van der Waals surface area contributed by atoms with E-state index in [0.717, 1.165) is 55.3 Å².